The molecule has 2 fully saturated rings. The fourth-order valence-corrected chi connectivity index (χ4v) is 2.71. The Balaban J connectivity index is 1.65. The molecule has 88 valence electrons. The predicted octanol–water partition coefficient (Wildman–Crippen LogP) is 2.11. The van der Waals surface area contributed by atoms with Crippen LogP contribution in [0.1, 0.15) is 40.0 Å². The highest BCUT2D eigenvalue weighted by Gasteiger charge is 2.46. The third kappa shape index (κ3) is 2.94. The van der Waals surface area contributed by atoms with E-state index in [-0.39, 0.29) is 0 Å². The zero-order valence-electron chi connectivity index (χ0n) is 10.6. The first-order chi connectivity index (χ1) is 7.12. The highest BCUT2D eigenvalue weighted by atomic mass is 15.2. The first-order valence-electron chi connectivity index (χ1n) is 6.57. The lowest BCUT2D eigenvalue weighted by molar-refractivity contribution is 0.297. The molecule has 0 bridgehead atoms. The van der Waals surface area contributed by atoms with Crippen LogP contribution in [0.4, 0.5) is 0 Å². The predicted molar refractivity (Wildman–Crippen MR) is 65.0 cm³/mol. The van der Waals surface area contributed by atoms with Crippen LogP contribution in [0.3, 0.4) is 0 Å². The van der Waals surface area contributed by atoms with Crippen molar-refractivity contribution in [3.05, 3.63) is 0 Å². The molecular formula is C13H26N2. The van der Waals surface area contributed by atoms with Crippen molar-refractivity contribution in [3.63, 3.8) is 0 Å². The highest BCUT2D eigenvalue weighted by Crippen LogP contribution is 2.51. The number of rotatable bonds is 5. The summed E-state index contributed by atoms with van der Waals surface area (Å²) < 4.78 is 0. The lowest BCUT2D eigenvalue weighted by atomic mass is 10.1. The fraction of sp³-hybridized carbons (Fsp3) is 1.00. The van der Waals surface area contributed by atoms with Gasteiger partial charge in [0.2, 0.25) is 0 Å². The van der Waals surface area contributed by atoms with Gasteiger partial charge in [-0.05, 0) is 43.7 Å². The Morgan fingerprint density at radius 2 is 2.13 bits per heavy atom. The Bertz CT molecular complexity index is 213. The summed E-state index contributed by atoms with van der Waals surface area (Å²) in [6, 6.07) is 0.770. The maximum atomic E-state index is 3.63. The minimum atomic E-state index is 0.648. The van der Waals surface area contributed by atoms with Crippen LogP contribution in [0.25, 0.3) is 0 Å². The van der Waals surface area contributed by atoms with Crippen LogP contribution in [-0.2, 0) is 0 Å². The van der Waals surface area contributed by atoms with E-state index in [1.807, 2.05) is 0 Å². The van der Waals surface area contributed by atoms with Crippen molar-refractivity contribution in [2.24, 2.45) is 11.3 Å². The molecule has 2 unspecified atom stereocenters. The van der Waals surface area contributed by atoms with Gasteiger partial charge in [-0.2, -0.15) is 0 Å². The Labute approximate surface area is 94.4 Å². The van der Waals surface area contributed by atoms with Gasteiger partial charge in [-0.25, -0.2) is 0 Å². The molecule has 15 heavy (non-hydrogen) atoms. The fourth-order valence-electron chi connectivity index (χ4n) is 2.71. The molecule has 1 saturated heterocycles. The molecule has 1 aliphatic carbocycles. The van der Waals surface area contributed by atoms with Crippen molar-refractivity contribution in [2.45, 2.75) is 46.1 Å². The number of nitrogens with zero attached hydrogens (tertiary/aromatic N) is 1. The van der Waals surface area contributed by atoms with E-state index in [1.165, 1.54) is 45.4 Å². The molecule has 1 saturated carbocycles. The number of nitrogens with one attached hydrogen (secondary N) is 1. The van der Waals surface area contributed by atoms with Gasteiger partial charge in [0.15, 0.2) is 0 Å². The van der Waals surface area contributed by atoms with E-state index in [2.05, 4.69) is 31.0 Å². The largest absolute Gasteiger partial charge is 0.313 e. The van der Waals surface area contributed by atoms with Crippen molar-refractivity contribution in [1.29, 1.82) is 0 Å². The third-order valence-electron chi connectivity index (χ3n) is 4.15. The number of hydrogen-bond acceptors (Lipinski definition) is 2. The van der Waals surface area contributed by atoms with Crippen LogP contribution in [0.5, 0.6) is 0 Å². The average Bonchev–Trinajstić information content (AvgIpc) is 2.63. The summed E-state index contributed by atoms with van der Waals surface area (Å²) >= 11 is 0. The van der Waals surface area contributed by atoms with Gasteiger partial charge in [0.1, 0.15) is 0 Å². The van der Waals surface area contributed by atoms with Gasteiger partial charge in [-0.1, -0.05) is 20.8 Å². The molecule has 1 aliphatic heterocycles. The van der Waals surface area contributed by atoms with Crippen molar-refractivity contribution in [3.8, 4) is 0 Å². The minimum absolute atomic E-state index is 0.648. The lowest BCUT2D eigenvalue weighted by Crippen LogP contribution is -2.33. The van der Waals surface area contributed by atoms with Gasteiger partial charge in [-0.15, -0.1) is 0 Å². The van der Waals surface area contributed by atoms with E-state index in [4.69, 9.17) is 0 Å². The first kappa shape index (κ1) is 11.4. The molecule has 0 radical (unpaired) electrons. The van der Waals surface area contributed by atoms with Crippen LogP contribution in [0, 0.1) is 11.3 Å². The summed E-state index contributed by atoms with van der Waals surface area (Å²) in [7, 11) is 0. The molecule has 0 aromatic carbocycles. The van der Waals surface area contributed by atoms with Gasteiger partial charge >= 0.3 is 0 Å². The second-order valence-corrected chi connectivity index (χ2v) is 6.09. The van der Waals surface area contributed by atoms with E-state index < -0.39 is 0 Å². The van der Waals surface area contributed by atoms with Gasteiger partial charge in [0.25, 0.3) is 0 Å². The molecule has 2 aliphatic rings. The quantitative estimate of drug-likeness (QED) is 0.747. The molecule has 2 nitrogen and oxygen atoms in total. The van der Waals surface area contributed by atoms with E-state index in [9.17, 15) is 0 Å². The molecule has 1 N–H and O–H groups in total. The summed E-state index contributed by atoms with van der Waals surface area (Å²) in [4.78, 5) is 2.66. The van der Waals surface area contributed by atoms with Crippen LogP contribution < -0.4 is 5.32 Å². The summed E-state index contributed by atoms with van der Waals surface area (Å²) in [5.41, 5.74) is 0.648. The molecule has 2 atom stereocenters. The summed E-state index contributed by atoms with van der Waals surface area (Å²) in [6.45, 7) is 12.2. The lowest BCUT2D eigenvalue weighted by Gasteiger charge is -2.17. The van der Waals surface area contributed by atoms with Gasteiger partial charge in [0.05, 0.1) is 0 Å². The van der Waals surface area contributed by atoms with Crippen molar-refractivity contribution < 1.29 is 0 Å². The normalized spacial score (nSPS) is 34.6. The molecular weight excluding hydrogens is 184 g/mol. The topological polar surface area (TPSA) is 15.3 Å². The number of hydrogen-bond donors (Lipinski definition) is 1. The maximum absolute atomic E-state index is 3.63. The van der Waals surface area contributed by atoms with E-state index >= 15 is 0 Å². The minimum Gasteiger partial charge on any atom is -0.313 e. The second kappa shape index (κ2) is 4.42. The highest BCUT2D eigenvalue weighted by molar-refractivity contribution is 4.97. The smallest absolute Gasteiger partial charge is 0.0207 e. The molecule has 0 aromatic rings. The van der Waals surface area contributed by atoms with E-state index in [1.54, 1.807) is 0 Å². The van der Waals surface area contributed by atoms with Gasteiger partial charge in [-0.3, -0.25) is 0 Å². The van der Waals surface area contributed by atoms with Gasteiger partial charge in [0, 0.05) is 19.1 Å². The summed E-state index contributed by atoms with van der Waals surface area (Å²) in [5, 5.41) is 3.63. The molecule has 1 heterocycles. The molecule has 0 spiro atoms. The molecule has 2 heteroatoms. The number of likely N-dealkylation sites (tertiary alicyclic amines) is 1. The Morgan fingerprint density at radius 3 is 2.73 bits per heavy atom. The van der Waals surface area contributed by atoms with Crippen molar-refractivity contribution in [2.75, 3.05) is 26.2 Å². The molecule has 0 aromatic heterocycles. The van der Waals surface area contributed by atoms with Crippen molar-refractivity contribution in [1.82, 2.24) is 10.2 Å². The van der Waals surface area contributed by atoms with Crippen LogP contribution in [0.15, 0.2) is 0 Å². The Kier molecular flexibility index (Phi) is 3.36. The zero-order chi connectivity index (χ0) is 10.9. The van der Waals surface area contributed by atoms with Crippen LogP contribution >= 0.6 is 0 Å². The monoisotopic (exact) mass is 210 g/mol. The second-order valence-electron chi connectivity index (χ2n) is 6.09. The summed E-state index contributed by atoms with van der Waals surface area (Å²) in [5.74, 6) is 0.974. The van der Waals surface area contributed by atoms with Crippen LogP contribution in [0.2, 0.25) is 0 Å². The third-order valence-corrected chi connectivity index (χ3v) is 4.15. The Hall–Kier alpha value is -0.0800. The molecule has 0 amide bonds. The molecule has 2 rings (SSSR count). The standard InChI is InChI=1S/C13H26N2/c1-4-6-14-12-5-7-15(10-12)9-11-8-13(11,2)3/h11-12,14H,4-10H2,1-3H3. The maximum Gasteiger partial charge on any atom is 0.0207 e. The Morgan fingerprint density at radius 1 is 1.40 bits per heavy atom. The van der Waals surface area contributed by atoms with Crippen LogP contribution in [-0.4, -0.2) is 37.1 Å². The van der Waals surface area contributed by atoms with E-state index in [0.717, 1.165) is 12.0 Å². The van der Waals surface area contributed by atoms with Crippen molar-refractivity contribution >= 4 is 0 Å². The first-order valence-corrected chi connectivity index (χ1v) is 6.57. The van der Waals surface area contributed by atoms with E-state index in [0.29, 0.717) is 5.41 Å². The summed E-state index contributed by atoms with van der Waals surface area (Å²) in [6.07, 6.45) is 4.05. The zero-order valence-corrected chi connectivity index (χ0v) is 10.6. The van der Waals surface area contributed by atoms with Gasteiger partial charge < -0.3 is 10.2 Å². The SMILES string of the molecule is CCCNC1CCN(CC2CC2(C)C)C1. The average molecular weight is 210 g/mol.